The summed E-state index contributed by atoms with van der Waals surface area (Å²) in [6, 6.07) is 0. The van der Waals surface area contributed by atoms with Crippen LogP contribution in [0.1, 0.15) is 59.3 Å². The van der Waals surface area contributed by atoms with E-state index in [0.717, 1.165) is 24.7 Å². The second-order valence-electron chi connectivity index (χ2n) is 15.2. The lowest BCUT2D eigenvalue weighted by Gasteiger charge is -2.70. The van der Waals surface area contributed by atoms with Crippen molar-refractivity contribution >= 4 is 22.6 Å². The van der Waals surface area contributed by atoms with Gasteiger partial charge in [0.15, 0.2) is 16.6 Å². The minimum atomic E-state index is -1.90. The molecule has 0 radical (unpaired) electrons. The highest BCUT2D eigenvalue weighted by Crippen LogP contribution is 2.86. The maximum atomic E-state index is 13.5. The van der Waals surface area contributed by atoms with Gasteiger partial charge in [-0.05, 0) is 107 Å². The first-order valence-electron chi connectivity index (χ1n) is 13.5. The molecule has 0 aromatic heterocycles. The molecule has 6 saturated carbocycles. The third kappa shape index (κ3) is 3.29. The van der Waals surface area contributed by atoms with Gasteiger partial charge in [0, 0.05) is 11.3 Å². The van der Waals surface area contributed by atoms with Crippen LogP contribution in [0.3, 0.4) is 0 Å². The summed E-state index contributed by atoms with van der Waals surface area (Å²) in [5.74, 6) is 2.50. The van der Waals surface area contributed by atoms with Crippen LogP contribution < -0.4 is 0 Å². The molecule has 0 amide bonds. The van der Waals surface area contributed by atoms with Gasteiger partial charge in [-0.25, -0.2) is 0 Å². The molecule has 6 fully saturated rings. The molecule has 0 aromatic carbocycles. The van der Waals surface area contributed by atoms with E-state index in [-0.39, 0.29) is 34.9 Å². The van der Waals surface area contributed by atoms with Crippen molar-refractivity contribution < 1.29 is 18.4 Å². The number of carbonyl (C=O) groups is 1. The Morgan fingerprint density at radius 1 is 0.879 bits per heavy atom. The number of hydrogen-bond acceptors (Lipinski definition) is 4. The molecule has 6 aliphatic carbocycles. The summed E-state index contributed by atoms with van der Waals surface area (Å²) in [7, 11) is -2.17. The lowest BCUT2D eigenvalue weighted by atomic mass is 9.38. The summed E-state index contributed by atoms with van der Waals surface area (Å²) in [6.07, 6.45) is 7.24. The summed E-state index contributed by atoms with van der Waals surface area (Å²) >= 11 is 0. The van der Waals surface area contributed by atoms with Crippen LogP contribution in [-0.2, 0) is 18.4 Å². The number of fused-ring (bicyclic) bond motifs is 1. The van der Waals surface area contributed by atoms with Crippen LogP contribution in [0.5, 0.6) is 0 Å². The van der Waals surface area contributed by atoms with Gasteiger partial charge in [0.25, 0.3) is 0 Å². The van der Waals surface area contributed by atoms with Gasteiger partial charge in [0.1, 0.15) is 0 Å². The van der Waals surface area contributed by atoms with Gasteiger partial charge in [0.05, 0.1) is 24.7 Å². The number of rotatable bonds is 5. The van der Waals surface area contributed by atoms with Gasteiger partial charge in [-0.1, -0.05) is 20.3 Å². The molecule has 0 aliphatic heterocycles. The highest BCUT2D eigenvalue weighted by atomic mass is 28.4. The summed E-state index contributed by atoms with van der Waals surface area (Å²) in [5, 5.41) is 0. The van der Waals surface area contributed by atoms with E-state index >= 15 is 0 Å². The highest BCUT2D eigenvalue weighted by molar-refractivity contribution is 6.70. The standard InChI is InChI=1S/C27H48O4Si2/c1-24-12-11-13-25(2,23(28)29-4)21(24)20(30-32(5,6)7)22(31-33(8,9)10)27-15-18-17(14-19(24)27)26(18,3)16-27/h17-22H,11-16H2,1-10H3/t17-,18?,19?,20-,21?,22-,24+,25-,26-,27-/m1/s1. The first kappa shape index (κ1) is 24.5. The SMILES string of the molecule is COC(=O)[C@]1(C)CCC[C@@]2(C)C3C[C@@H]4C5C[C@]3(C[C@@]54C)[C@H](O[Si](C)(C)C)[C@H](O[Si](C)(C)C)C21. The topological polar surface area (TPSA) is 44.8 Å². The second-order valence-corrected chi connectivity index (χ2v) is 24.1. The molecule has 0 aromatic rings. The Morgan fingerprint density at radius 3 is 2.03 bits per heavy atom. The minimum absolute atomic E-state index is 0.0216. The van der Waals surface area contributed by atoms with Gasteiger partial charge in [-0.3, -0.25) is 4.79 Å². The molecule has 0 N–H and O–H groups in total. The van der Waals surface area contributed by atoms with Crippen molar-refractivity contribution in [2.24, 2.45) is 45.3 Å². The maximum Gasteiger partial charge on any atom is 0.311 e. The Hall–Kier alpha value is -0.176. The zero-order valence-electron chi connectivity index (χ0n) is 22.8. The predicted molar refractivity (Wildman–Crippen MR) is 137 cm³/mol. The van der Waals surface area contributed by atoms with E-state index < -0.39 is 22.0 Å². The van der Waals surface area contributed by atoms with E-state index in [1.165, 1.54) is 25.7 Å². The fraction of sp³-hybridized carbons (Fsp3) is 0.963. The Bertz CT molecular complexity index is 848. The Morgan fingerprint density at radius 2 is 1.52 bits per heavy atom. The smallest absolute Gasteiger partial charge is 0.311 e. The molecule has 10 atom stereocenters. The molecular weight excluding hydrogens is 444 g/mol. The molecule has 1 spiro atoms. The first-order chi connectivity index (χ1) is 15.0. The quantitative estimate of drug-likeness (QED) is 0.325. The second kappa shape index (κ2) is 6.98. The minimum Gasteiger partial charge on any atom is -0.469 e. The lowest BCUT2D eigenvalue weighted by molar-refractivity contribution is -0.256. The van der Waals surface area contributed by atoms with Crippen LogP contribution >= 0.6 is 0 Å². The van der Waals surface area contributed by atoms with E-state index in [2.05, 4.69) is 60.1 Å². The fourth-order valence-electron chi connectivity index (χ4n) is 10.2. The molecule has 6 aliphatic rings. The van der Waals surface area contributed by atoms with Crippen molar-refractivity contribution in [3.8, 4) is 0 Å². The summed E-state index contributed by atoms with van der Waals surface area (Å²) in [6.45, 7) is 21.2. The third-order valence-corrected chi connectivity index (χ3v) is 12.9. The van der Waals surface area contributed by atoms with Crippen LogP contribution in [0, 0.1) is 45.3 Å². The molecule has 4 nitrogen and oxygen atoms in total. The number of ether oxygens (including phenoxy) is 1. The first-order valence-corrected chi connectivity index (χ1v) is 20.3. The number of hydrogen-bond donors (Lipinski definition) is 0. The maximum absolute atomic E-state index is 13.5. The average Bonchev–Trinajstić information content (AvgIpc) is 3.12. The van der Waals surface area contributed by atoms with E-state index in [0.29, 0.717) is 11.3 Å². The molecule has 0 heterocycles. The fourth-order valence-corrected chi connectivity index (χ4v) is 12.4. The van der Waals surface area contributed by atoms with Crippen LogP contribution in [-0.4, -0.2) is 41.9 Å². The van der Waals surface area contributed by atoms with E-state index in [4.69, 9.17) is 13.6 Å². The average molecular weight is 493 g/mol. The van der Waals surface area contributed by atoms with Crippen molar-refractivity contribution in [2.75, 3.05) is 7.11 Å². The van der Waals surface area contributed by atoms with E-state index in [9.17, 15) is 4.79 Å². The molecule has 0 saturated heterocycles. The number of carbonyl (C=O) groups excluding carboxylic acids is 1. The lowest BCUT2D eigenvalue weighted by Crippen LogP contribution is -2.72. The molecule has 33 heavy (non-hydrogen) atoms. The molecule has 4 bridgehead atoms. The summed E-state index contributed by atoms with van der Waals surface area (Å²) in [5.41, 5.74) is 0.311. The zero-order valence-corrected chi connectivity index (χ0v) is 24.8. The van der Waals surface area contributed by atoms with Gasteiger partial charge in [-0.2, -0.15) is 0 Å². The zero-order chi connectivity index (χ0) is 24.4. The molecule has 6 heteroatoms. The normalized spacial score (nSPS) is 52.7. The highest BCUT2D eigenvalue weighted by Gasteiger charge is 2.82. The number of esters is 1. The Kier molecular flexibility index (Phi) is 5.18. The van der Waals surface area contributed by atoms with Gasteiger partial charge in [0.2, 0.25) is 0 Å². The van der Waals surface area contributed by atoms with Gasteiger partial charge < -0.3 is 13.6 Å². The largest absolute Gasteiger partial charge is 0.469 e. The van der Waals surface area contributed by atoms with Crippen molar-refractivity contribution in [1.82, 2.24) is 0 Å². The van der Waals surface area contributed by atoms with Crippen molar-refractivity contribution in [1.29, 1.82) is 0 Å². The molecule has 6 rings (SSSR count). The molecule has 188 valence electrons. The summed E-state index contributed by atoms with van der Waals surface area (Å²) in [4.78, 5) is 13.5. The van der Waals surface area contributed by atoms with Crippen molar-refractivity contribution in [2.45, 2.75) is 111 Å². The Labute approximate surface area is 204 Å². The molecule has 3 unspecified atom stereocenters. The van der Waals surface area contributed by atoms with E-state index in [1.807, 2.05) is 0 Å². The summed E-state index contributed by atoms with van der Waals surface area (Å²) < 4.78 is 20.0. The van der Waals surface area contributed by atoms with Gasteiger partial charge >= 0.3 is 5.97 Å². The van der Waals surface area contributed by atoms with E-state index in [1.54, 1.807) is 7.11 Å². The van der Waals surface area contributed by atoms with Crippen molar-refractivity contribution in [3.63, 3.8) is 0 Å². The van der Waals surface area contributed by atoms with Gasteiger partial charge in [-0.15, -0.1) is 0 Å². The Balaban J connectivity index is 1.70. The van der Waals surface area contributed by atoms with Crippen LogP contribution in [0.2, 0.25) is 39.3 Å². The van der Waals surface area contributed by atoms with Crippen molar-refractivity contribution in [3.05, 3.63) is 0 Å². The number of methoxy groups -OCH3 is 1. The monoisotopic (exact) mass is 492 g/mol. The van der Waals surface area contributed by atoms with Crippen LogP contribution in [0.15, 0.2) is 0 Å². The van der Waals surface area contributed by atoms with Crippen LogP contribution in [0.4, 0.5) is 0 Å². The third-order valence-electron chi connectivity index (χ3n) is 11.0. The molecular formula is C27H48O4Si2. The predicted octanol–water partition coefficient (Wildman–Crippen LogP) is 6.48. The van der Waals surface area contributed by atoms with Crippen LogP contribution in [0.25, 0.3) is 0 Å².